The van der Waals surface area contributed by atoms with Gasteiger partial charge in [-0.2, -0.15) is 0 Å². The quantitative estimate of drug-likeness (QED) is 0.707. The van der Waals surface area contributed by atoms with Crippen LogP contribution in [0, 0.1) is 11.8 Å². The minimum atomic E-state index is -0.203. The molecule has 0 aliphatic carbocycles. The Labute approximate surface area is 148 Å². The molecule has 1 aromatic rings. The van der Waals surface area contributed by atoms with E-state index in [9.17, 15) is 9.59 Å². The lowest BCUT2D eigenvalue weighted by atomic mass is 10.1. The Balaban J connectivity index is 1.91. The Kier molecular flexibility index (Phi) is 7.06. The molecule has 0 aromatic heterocycles. The van der Waals surface area contributed by atoms with Gasteiger partial charge in [-0.05, 0) is 56.0 Å². The molecule has 1 unspecified atom stereocenters. The normalized spacial score (nSPS) is 17.1. The molecule has 0 bridgehead atoms. The zero-order valence-electron chi connectivity index (χ0n) is 14.3. The minimum absolute atomic E-state index is 0.0626. The van der Waals surface area contributed by atoms with Crippen molar-refractivity contribution in [1.82, 2.24) is 10.6 Å². The van der Waals surface area contributed by atoms with Gasteiger partial charge in [0.1, 0.15) is 0 Å². The van der Waals surface area contributed by atoms with E-state index in [-0.39, 0.29) is 17.7 Å². The predicted octanol–water partition coefficient (Wildman–Crippen LogP) is 3.05. The third kappa shape index (κ3) is 5.80. The van der Waals surface area contributed by atoms with E-state index >= 15 is 0 Å². The number of nitrogens with one attached hydrogen (secondary N) is 3. The number of halogens is 1. The smallest absolute Gasteiger partial charge is 0.252 e. The summed E-state index contributed by atoms with van der Waals surface area (Å²) in [4.78, 5) is 24.2. The zero-order chi connectivity index (χ0) is 17.5. The molecule has 1 aromatic carbocycles. The first-order valence-corrected chi connectivity index (χ1v) is 8.92. The number of anilines is 1. The van der Waals surface area contributed by atoms with Gasteiger partial charge in [0.15, 0.2) is 0 Å². The molecule has 0 saturated carbocycles. The fourth-order valence-electron chi connectivity index (χ4n) is 2.81. The highest BCUT2D eigenvalue weighted by Crippen LogP contribution is 2.21. The van der Waals surface area contributed by atoms with Crippen LogP contribution in [0.15, 0.2) is 18.2 Å². The van der Waals surface area contributed by atoms with Crippen molar-refractivity contribution in [2.45, 2.75) is 33.1 Å². The number of hydrogen-bond acceptors (Lipinski definition) is 3. The first-order valence-electron chi connectivity index (χ1n) is 8.54. The van der Waals surface area contributed by atoms with Crippen molar-refractivity contribution >= 4 is 29.1 Å². The van der Waals surface area contributed by atoms with Gasteiger partial charge < -0.3 is 16.0 Å². The molecule has 1 atom stereocenters. The Bertz CT molecular complexity index is 584. The van der Waals surface area contributed by atoms with E-state index in [1.54, 1.807) is 18.2 Å². The van der Waals surface area contributed by atoms with Crippen molar-refractivity contribution < 1.29 is 9.59 Å². The van der Waals surface area contributed by atoms with E-state index in [0.717, 1.165) is 25.9 Å². The number of benzene rings is 1. The highest BCUT2D eigenvalue weighted by molar-refractivity contribution is 6.34. The summed E-state index contributed by atoms with van der Waals surface area (Å²) in [5.41, 5.74) is 0.985. The van der Waals surface area contributed by atoms with Gasteiger partial charge >= 0.3 is 0 Å². The fraction of sp³-hybridized carbons (Fsp3) is 0.556. The molecule has 6 heteroatoms. The maximum Gasteiger partial charge on any atom is 0.252 e. The summed E-state index contributed by atoms with van der Waals surface area (Å²) in [5.74, 6) is 0.644. The summed E-state index contributed by atoms with van der Waals surface area (Å²) >= 11 is 6.13. The van der Waals surface area contributed by atoms with E-state index in [4.69, 9.17) is 11.6 Å². The Hall–Kier alpha value is -1.59. The van der Waals surface area contributed by atoms with Crippen molar-refractivity contribution in [3.05, 3.63) is 28.8 Å². The highest BCUT2D eigenvalue weighted by Gasteiger charge is 2.16. The molecule has 132 valence electrons. The van der Waals surface area contributed by atoms with Gasteiger partial charge in [0.05, 0.1) is 10.6 Å². The molecular formula is C18H26ClN3O2. The van der Waals surface area contributed by atoms with Crippen molar-refractivity contribution in [2.75, 3.05) is 25.0 Å². The molecule has 2 rings (SSSR count). The first-order chi connectivity index (χ1) is 11.5. The van der Waals surface area contributed by atoms with Gasteiger partial charge in [0.2, 0.25) is 5.91 Å². The van der Waals surface area contributed by atoms with Crippen LogP contribution in [0.25, 0.3) is 0 Å². The van der Waals surface area contributed by atoms with Crippen LogP contribution in [0.3, 0.4) is 0 Å². The molecule has 24 heavy (non-hydrogen) atoms. The Morgan fingerprint density at radius 2 is 2.17 bits per heavy atom. The minimum Gasteiger partial charge on any atom is -0.352 e. The largest absolute Gasteiger partial charge is 0.352 e. The predicted molar refractivity (Wildman–Crippen MR) is 97.5 cm³/mol. The summed E-state index contributed by atoms with van der Waals surface area (Å²) in [6.07, 6.45) is 2.56. The molecule has 5 nitrogen and oxygen atoms in total. The molecule has 1 saturated heterocycles. The molecule has 1 aliphatic heterocycles. The lowest BCUT2D eigenvalue weighted by Gasteiger charge is -2.12. The van der Waals surface area contributed by atoms with E-state index in [0.29, 0.717) is 35.2 Å². The third-order valence-corrected chi connectivity index (χ3v) is 4.42. The van der Waals surface area contributed by atoms with E-state index in [1.807, 2.05) is 13.8 Å². The Morgan fingerprint density at radius 1 is 1.38 bits per heavy atom. The van der Waals surface area contributed by atoms with E-state index < -0.39 is 0 Å². The highest BCUT2D eigenvalue weighted by atomic mass is 35.5. The fourth-order valence-corrected chi connectivity index (χ4v) is 3.01. The summed E-state index contributed by atoms with van der Waals surface area (Å²) in [7, 11) is 0. The number of rotatable bonds is 7. The van der Waals surface area contributed by atoms with Crippen LogP contribution >= 0.6 is 11.6 Å². The lowest BCUT2D eigenvalue weighted by molar-refractivity contribution is -0.116. The van der Waals surface area contributed by atoms with E-state index in [2.05, 4.69) is 16.0 Å². The van der Waals surface area contributed by atoms with Gasteiger partial charge in [0, 0.05) is 18.7 Å². The second-order valence-corrected chi connectivity index (χ2v) is 7.15. The second kappa shape index (κ2) is 9.04. The average molecular weight is 352 g/mol. The molecule has 1 aliphatic rings. The number of hydrogen-bond donors (Lipinski definition) is 3. The Morgan fingerprint density at radius 3 is 2.83 bits per heavy atom. The van der Waals surface area contributed by atoms with Crippen molar-refractivity contribution in [3.8, 4) is 0 Å². The summed E-state index contributed by atoms with van der Waals surface area (Å²) < 4.78 is 0. The van der Waals surface area contributed by atoms with Gasteiger partial charge in [0.25, 0.3) is 5.91 Å². The van der Waals surface area contributed by atoms with Crippen molar-refractivity contribution in [1.29, 1.82) is 0 Å². The van der Waals surface area contributed by atoms with Gasteiger partial charge in [-0.15, -0.1) is 0 Å². The van der Waals surface area contributed by atoms with Crippen LogP contribution in [-0.2, 0) is 4.79 Å². The molecule has 2 amide bonds. The molecule has 1 fully saturated rings. The third-order valence-electron chi connectivity index (χ3n) is 4.09. The monoisotopic (exact) mass is 351 g/mol. The van der Waals surface area contributed by atoms with Crippen LogP contribution in [0.5, 0.6) is 0 Å². The van der Waals surface area contributed by atoms with Crippen LogP contribution in [0.2, 0.25) is 5.02 Å². The van der Waals surface area contributed by atoms with Crippen LogP contribution in [-0.4, -0.2) is 31.4 Å². The molecule has 3 N–H and O–H groups in total. The number of carbonyl (C=O) groups excluding carboxylic acids is 2. The SMILES string of the molecule is CC(C)CC(=O)Nc1ccc(Cl)c(C(=O)NCCC2CCNC2)c1. The zero-order valence-corrected chi connectivity index (χ0v) is 15.1. The van der Waals surface area contributed by atoms with Crippen molar-refractivity contribution in [3.63, 3.8) is 0 Å². The van der Waals surface area contributed by atoms with Crippen LogP contribution in [0.1, 0.15) is 43.5 Å². The molecular weight excluding hydrogens is 326 g/mol. The van der Waals surface area contributed by atoms with Crippen molar-refractivity contribution in [2.24, 2.45) is 11.8 Å². The van der Waals surface area contributed by atoms with E-state index in [1.165, 1.54) is 0 Å². The second-order valence-electron chi connectivity index (χ2n) is 6.74. The van der Waals surface area contributed by atoms with Gasteiger partial charge in [-0.25, -0.2) is 0 Å². The number of amides is 2. The molecule has 0 radical (unpaired) electrons. The van der Waals surface area contributed by atoms with Crippen LogP contribution in [0.4, 0.5) is 5.69 Å². The lowest BCUT2D eigenvalue weighted by Crippen LogP contribution is -2.27. The van der Waals surface area contributed by atoms with Crippen LogP contribution < -0.4 is 16.0 Å². The molecule has 0 spiro atoms. The summed E-state index contributed by atoms with van der Waals surface area (Å²) in [6, 6.07) is 4.98. The van der Waals surface area contributed by atoms with Gasteiger partial charge in [-0.3, -0.25) is 9.59 Å². The van der Waals surface area contributed by atoms with Gasteiger partial charge in [-0.1, -0.05) is 25.4 Å². The maximum atomic E-state index is 12.3. The standard InChI is InChI=1S/C18H26ClN3O2/c1-12(2)9-17(23)22-14-3-4-16(19)15(10-14)18(24)21-8-6-13-5-7-20-11-13/h3-4,10,12-13,20H,5-9,11H2,1-2H3,(H,21,24)(H,22,23). The molecule has 1 heterocycles. The summed E-state index contributed by atoms with van der Waals surface area (Å²) in [5, 5.41) is 9.43. The maximum absolute atomic E-state index is 12.3. The summed E-state index contributed by atoms with van der Waals surface area (Å²) in [6.45, 7) is 6.68. The number of carbonyl (C=O) groups is 2. The average Bonchev–Trinajstić information content (AvgIpc) is 3.01. The topological polar surface area (TPSA) is 70.2 Å². The first kappa shape index (κ1) is 18.7.